The van der Waals surface area contributed by atoms with Crippen LogP contribution in [0.15, 0.2) is 48.6 Å². The van der Waals surface area contributed by atoms with Crippen LogP contribution in [-0.2, 0) is 28.6 Å². The summed E-state index contributed by atoms with van der Waals surface area (Å²) in [5, 5.41) is 0. The molecule has 0 aliphatic carbocycles. The number of esters is 3. The summed E-state index contributed by atoms with van der Waals surface area (Å²) < 4.78 is 16.6. The van der Waals surface area contributed by atoms with E-state index in [0.717, 1.165) is 83.5 Å². The Labute approximate surface area is 346 Å². The van der Waals surface area contributed by atoms with Crippen LogP contribution in [0.25, 0.3) is 0 Å². The lowest BCUT2D eigenvalue weighted by molar-refractivity contribution is -0.167. The van der Waals surface area contributed by atoms with E-state index in [1.54, 1.807) is 0 Å². The van der Waals surface area contributed by atoms with Gasteiger partial charge in [0.25, 0.3) is 0 Å². The van der Waals surface area contributed by atoms with Crippen molar-refractivity contribution >= 4 is 17.9 Å². The highest BCUT2D eigenvalue weighted by molar-refractivity contribution is 5.71. The zero-order valence-electron chi connectivity index (χ0n) is 36.9. The predicted molar refractivity (Wildman–Crippen MR) is 238 cm³/mol. The number of ether oxygens (including phenoxy) is 3. The smallest absolute Gasteiger partial charge is 0.306 e. The van der Waals surface area contributed by atoms with Crippen molar-refractivity contribution in [1.82, 2.24) is 0 Å². The van der Waals surface area contributed by atoms with Gasteiger partial charge < -0.3 is 14.2 Å². The first-order valence-corrected chi connectivity index (χ1v) is 23.7. The molecule has 0 amide bonds. The molecule has 0 radical (unpaired) electrons. The van der Waals surface area contributed by atoms with Crippen LogP contribution in [0.4, 0.5) is 0 Å². The molecule has 1 atom stereocenters. The Morgan fingerprint density at radius 1 is 0.393 bits per heavy atom. The van der Waals surface area contributed by atoms with Gasteiger partial charge in [0.15, 0.2) is 6.10 Å². The molecule has 0 bridgehead atoms. The predicted octanol–water partition coefficient (Wildman–Crippen LogP) is 15.1. The Morgan fingerprint density at radius 2 is 0.768 bits per heavy atom. The molecule has 0 aromatic carbocycles. The van der Waals surface area contributed by atoms with Gasteiger partial charge in [-0.2, -0.15) is 0 Å². The molecule has 1 unspecified atom stereocenters. The third-order valence-corrected chi connectivity index (χ3v) is 10.1. The first-order chi connectivity index (χ1) is 27.5. The van der Waals surface area contributed by atoms with Gasteiger partial charge in [-0.05, 0) is 64.2 Å². The highest BCUT2D eigenvalue weighted by atomic mass is 16.6. The molecule has 0 spiro atoms. The lowest BCUT2D eigenvalue weighted by atomic mass is 10.0. The molecule has 0 aromatic heterocycles. The Hall–Kier alpha value is -2.63. The van der Waals surface area contributed by atoms with E-state index >= 15 is 0 Å². The minimum absolute atomic E-state index is 0.0925. The monoisotopic (exact) mass is 785 g/mol. The van der Waals surface area contributed by atoms with Crippen molar-refractivity contribution in [2.24, 2.45) is 0 Å². The summed E-state index contributed by atoms with van der Waals surface area (Å²) in [5.41, 5.74) is 0. The SMILES string of the molecule is CC/C=C\C/C=C\CCCCC(=O)OCC(COC(=O)CCCCCCCCCCCCCCCCCCCC)OC(=O)CCCCC/C=C\C=C/CCCC. The number of carbonyl (C=O) groups excluding carboxylic acids is 3. The van der Waals surface area contributed by atoms with Crippen molar-refractivity contribution < 1.29 is 28.6 Å². The van der Waals surface area contributed by atoms with Crippen molar-refractivity contribution in [3.05, 3.63) is 48.6 Å². The van der Waals surface area contributed by atoms with Gasteiger partial charge in [0.2, 0.25) is 0 Å². The van der Waals surface area contributed by atoms with Gasteiger partial charge in [-0.1, -0.05) is 198 Å². The number of allylic oxidation sites excluding steroid dienone is 8. The van der Waals surface area contributed by atoms with Crippen molar-refractivity contribution in [2.75, 3.05) is 13.2 Å². The molecule has 56 heavy (non-hydrogen) atoms. The minimum Gasteiger partial charge on any atom is -0.462 e. The Balaban J connectivity index is 4.30. The maximum absolute atomic E-state index is 12.7. The summed E-state index contributed by atoms with van der Waals surface area (Å²) in [6, 6.07) is 0. The number of hydrogen-bond acceptors (Lipinski definition) is 6. The molecule has 0 aliphatic rings. The average molecular weight is 785 g/mol. The standard InChI is InChI=1S/C50H88O6/c1-4-7-10-13-16-19-21-22-23-24-25-26-27-29-31-34-37-40-43-49(52)55-46-47(45-54-48(51)42-39-36-33-30-18-15-12-9-6-3)56-50(53)44-41-38-35-32-28-20-17-14-11-8-5-2/h9,12,14,17-18,20,28,30,47H,4-8,10-11,13,15-16,19,21-27,29,31-46H2,1-3H3/b12-9-,17-14-,28-20-,30-18-. The molecule has 0 fully saturated rings. The maximum Gasteiger partial charge on any atom is 0.306 e. The molecule has 6 nitrogen and oxygen atoms in total. The number of rotatable bonds is 42. The second-order valence-electron chi connectivity index (χ2n) is 15.7. The van der Waals surface area contributed by atoms with Crippen LogP contribution in [0.3, 0.4) is 0 Å². The average Bonchev–Trinajstić information content (AvgIpc) is 3.19. The second kappa shape index (κ2) is 45.1. The Kier molecular flexibility index (Phi) is 43.0. The number of hydrogen-bond donors (Lipinski definition) is 0. The second-order valence-corrected chi connectivity index (χ2v) is 15.7. The molecule has 0 saturated carbocycles. The summed E-state index contributed by atoms with van der Waals surface area (Å²) in [5.74, 6) is -0.958. The van der Waals surface area contributed by atoms with E-state index in [0.29, 0.717) is 19.3 Å². The van der Waals surface area contributed by atoms with Crippen LogP contribution in [0.1, 0.15) is 233 Å². The molecular formula is C50H88O6. The molecule has 0 saturated heterocycles. The first kappa shape index (κ1) is 53.4. The van der Waals surface area contributed by atoms with Crippen LogP contribution in [0.5, 0.6) is 0 Å². The van der Waals surface area contributed by atoms with Crippen molar-refractivity contribution in [3.63, 3.8) is 0 Å². The van der Waals surface area contributed by atoms with E-state index in [4.69, 9.17) is 14.2 Å². The quantitative estimate of drug-likeness (QED) is 0.0202. The van der Waals surface area contributed by atoms with E-state index in [-0.39, 0.29) is 31.1 Å². The summed E-state index contributed by atoms with van der Waals surface area (Å²) >= 11 is 0. The Bertz CT molecular complexity index is 996. The van der Waals surface area contributed by atoms with Gasteiger partial charge in [-0.25, -0.2) is 0 Å². The highest BCUT2D eigenvalue weighted by Crippen LogP contribution is 2.15. The third-order valence-electron chi connectivity index (χ3n) is 10.1. The normalized spacial score (nSPS) is 12.4. The van der Waals surface area contributed by atoms with Crippen molar-refractivity contribution in [3.8, 4) is 0 Å². The lowest BCUT2D eigenvalue weighted by Gasteiger charge is -2.18. The summed E-state index contributed by atoms with van der Waals surface area (Å²) in [6.45, 7) is 6.41. The largest absolute Gasteiger partial charge is 0.462 e. The van der Waals surface area contributed by atoms with E-state index in [1.807, 2.05) is 0 Å². The van der Waals surface area contributed by atoms with Gasteiger partial charge in [0, 0.05) is 19.3 Å². The van der Waals surface area contributed by atoms with Gasteiger partial charge in [-0.15, -0.1) is 0 Å². The van der Waals surface area contributed by atoms with Crippen LogP contribution in [0.2, 0.25) is 0 Å². The fourth-order valence-corrected chi connectivity index (χ4v) is 6.52. The fraction of sp³-hybridized carbons (Fsp3) is 0.780. The summed E-state index contributed by atoms with van der Waals surface area (Å²) in [7, 11) is 0. The van der Waals surface area contributed by atoms with Crippen LogP contribution in [0, 0.1) is 0 Å². The highest BCUT2D eigenvalue weighted by Gasteiger charge is 2.19. The summed E-state index contributed by atoms with van der Waals surface area (Å²) in [4.78, 5) is 37.7. The maximum atomic E-state index is 12.7. The van der Waals surface area contributed by atoms with Crippen LogP contribution in [-0.4, -0.2) is 37.2 Å². The molecule has 0 aliphatic heterocycles. The van der Waals surface area contributed by atoms with E-state index < -0.39 is 6.10 Å². The van der Waals surface area contributed by atoms with Crippen LogP contribution < -0.4 is 0 Å². The van der Waals surface area contributed by atoms with Crippen molar-refractivity contribution in [1.29, 1.82) is 0 Å². The Morgan fingerprint density at radius 3 is 1.27 bits per heavy atom. The van der Waals surface area contributed by atoms with E-state index in [2.05, 4.69) is 69.4 Å². The zero-order valence-corrected chi connectivity index (χ0v) is 36.9. The molecule has 0 heterocycles. The third kappa shape index (κ3) is 42.5. The number of carbonyl (C=O) groups is 3. The molecule has 6 heteroatoms. The van der Waals surface area contributed by atoms with Gasteiger partial charge in [0.05, 0.1) is 0 Å². The molecule has 324 valence electrons. The minimum atomic E-state index is -0.794. The van der Waals surface area contributed by atoms with Crippen molar-refractivity contribution in [2.45, 2.75) is 239 Å². The lowest BCUT2D eigenvalue weighted by Crippen LogP contribution is -2.30. The summed E-state index contributed by atoms with van der Waals surface area (Å²) in [6.07, 6.45) is 52.6. The molecule has 0 aromatic rings. The number of unbranched alkanes of at least 4 members (excludes halogenated alkanes) is 24. The van der Waals surface area contributed by atoms with Gasteiger partial charge in [0.1, 0.15) is 13.2 Å². The van der Waals surface area contributed by atoms with Crippen LogP contribution >= 0.6 is 0 Å². The first-order valence-electron chi connectivity index (χ1n) is 23.7. The molecular weight excluding hydrogens is 697 g/mol. The fourth-order valence-electron chi connectivity index (χ4n) is 6.52. The zero-order chi connectivity index (χ0) is 40.8. The van der Waals surface area contributed by atoms with Gasteiger partial charge >= 0.3 is 17.9 Å². The van der Waals surface area contributed by atoms with E-state index in [1.165, 1.54) is 109 Å². The topological polar surface area (TPSA) is 78.9 Å². The van der Waals surface area contributed by atoms with E-state index in [9.17, 15) is 14.4 Å². The molecule has 0 rings (SSSR count). The molecule has 0 N–H and O–H groups in total. The van der Waals surface area contributed by atoms with Gasteiger partial charge in [-0.3, -0.25) is 14.4 Å².